The van der Waals surface area contributed by atoms with E-state index in [9.17, 15) is 43.5 Å². The maximum atomic E-state index is 14.1. The fourth-order valence-electron chi connectivity index (χ4n) is 6.50. The van der Waals surface area contributed by atoms with E-state index in [0.29, 0.717) is 24.9 Å². The lowest BCUT2D eigenvalue weighted by Gasteiger charge is -2.29. The number of benzene rings is 2. The largest absolute Gasteiger partial charge is 0.480 e. The van der Waals surface area contributed by atoms with Crippen molar-refractivity contribution in [3.05, 3.63) is 71.8 Å². The Kier molecular flexibility index (Phi) is 17.0. The summed E-state index contributed by atoms with van der Waals surface area (Å²) in [5, 5.41) is 22.8. The number of likely N-dealkylation sites (tertiary alicyclic amines) is 1. The lowest BCUT2D eigenvalue weighted by atomic mass is 9.98. The molecular weight excluding hydrogens is 722 g/mol. The number of amides is 7. The molecule has 1 aliphatic rings. The van der Waals surface area contributed by atoms with Crippen LogP contribution in [0.5, 0.6) is 0 Å². The van der Waals surface area contributed by atoms with Crippen molar-refractivity contribution in [2.45, 2.75) is 109 Å². The van der Waals surface area contributed by atoms with E-state index in [1.807, 2.05) is 6.07 Å². The van der Waals surface area contributed by atoms with E-state index in [1.165, 1.54) is 11.8 Å². The topological polar surface area (TPSA) is 246 Å². The van der Waals surface area contributed by atoms with Gasteiger partial charge in [0.25, 0.3) is 0 Å². The van der Waals surface area contributed by atoms with Crippen molar-refractivity contribution in [3.63, 3.8) is 0 Å². The molecule has 1 aliphatic heterocycles. The maximum absolute atomic E-state index is 14.1. The number of nitrogens with two attached hydrogens (primary N) is 1. The molecule has 0 spiro atoms. The monoisotopic (exact) mass is 777 g/mol. The molecule has 0 bridgehead atoms. The SMILES string of the molecule is CC(=O)N1CCC[C@H]1C(=O)N[C@@H](Cc1ccccc1)C(=O)N[C@H](C(=O)N[C@@H](Cc1ccccc1)C(=O)N[C@@H](CC(C)C)C(=O)N[C@@H](CC(N)=O)C(=O)O)C(C)C. The second-order valence-corrected chi connectivity index (χ2v) is 14.9. The summed E-state index contributed by atoms with van der Waals surface area (Å²) in [6.07, 6.45) is 0.607. The first-order valence-corrected chi connectivity index (χ1v) is 18.8. The maximum Gasteiger partial charge on any atom is 0.326 e. The third kappa shape index (κ3) is 13.8. The zero-order valence-electron chi connectivity index (χ0n) is 32.6. The summed E-state index contributed by atoms with van der Waals surface area (Å²) in [6, 6.07) is 10.7. The molecule has 2 aromatic carbocycles. The van der Waals surface area contributed by atoms with Crippen molar-refractivity contribution in [1.82, 2.24) is 31.5 Å². The molecule has 0 saturated carbocycles. The van der Waals surface area contributed by atoms with Crippen molar-refractivity contribution in [1.29, 1.82) is 0 Å². The molecule has 8 N–H and O–H groups in total. The van der Waals surface area contributed by atoms with Gasteiger partial charge in [-0.3, -0.25) is 33.6 Å². The van der Waals surface area contributed by atoms with Gasteiger partial charge in [0.15, 0.2) is 0 Å². The van der Waals surface area contributed by atoms with Crippen molar-refractivity contribution in [3.8, 4) is 0 Å². The zero-order chi connectivity index (χ0) is 41.5. The Morgan fingerprint density at radius 3 is 1.66 bits per heavy atom. The molecule has 0 aliphatic carbocycles. The van der Waals surface area contributed by atoms with E-state index in [0.717, 1.165) is 5.56 Å². The number of nitrogens with one attached hydrogen (secondary N) is 5. The van der Waals surface area contributed by atoms with Gasteiger partial charge < -0.3 is 42.3 Å². The number of rotatable bonds is 20. The molecule has 56 heavy (non-hydrogen) atoms. The van der Waals surface area contributed by atoms with Crippen molar-refractivity contribution < 1.29 is 43.5 Å². The zero-order valence-corrected chi connectivity index (χ0v) is 32.6. The molecule has 304 valence electrons. The molecule has 0 radical (unpaired) electrons. The third-order valence-electron chi connectivity index (χ3n) is 9.40. The van der Waals surface area contributed by atoms with E-state index in [2.05, 4.69) is 26.6 Å². The first-order valence-electron chi connectivity index (χ1n) is 18.8. The lowest BCUT2D eigenvalue weighted by molar-refractivity contribution is -0.144. The quantitative estimate of drug-likeness (QED) is 0.0992. The van der Waals surface area contributed by atoms with Gasteiger partial charge in [0.2, 0.25) is 41.4 Å². The molecule has 16 heteroatoms. The molecule has 0 aromatic heterocycles. The Morgan fingerprint density at radius 1 is 0.696 bits per heavy atom. The van der Waals surface area contributed by atoms with E-state index in [-0.39, 0.29) is 31.1 Å². The normalized spacial score (nSPS) is 16.5. The van der Waals surface area contributed by atoms with Crippen LogP contribution in [0.2, 0.25) is 0 Å². The van der Waals surface area contributed by atoms with Crippen LogP contribution in [0.1, 0.15) is 71.4 Å². The summed E-state index contributed by atoms with van der Waals surface area (Å²) >= 11 is 0. The Labute approximate surface area is 327 Å². The highest BCUT2D eigenvalue weighted by atomic mass is 16.4. The molecule has 1 saturated heterocycles. The van der Waals surface area contributed by atoms with Crippen LogP contribution in [0.3, 0.4) is 0 Å². The third-order valence-corrected chi connectivity index (χ3v) is 9.40. The summed E-state index contributed by atoms with van der Waals surface area (Å²) < 4.78 is 0. The lowest BCUT2D eigenvalue weighted by Crippen LogP contribution is -2.61. The number of aliphatic carboxylic acids is 1. The molecule has 1 heterocycles. The fraction of sp³-hybridized carbons (Fsp3) is 0.500. The van der Waals surface area contributed by atoms with Gasteiger partial charge in [0.05, 0.1) is 6.42 Å². The van der Waals surface area contributed by atoms with E-state index < -0.39 is 90.0 Å². The van der Waals surface area contributed by atoms with Gasteiger partial charge in [-0.15, -0.1) is 0 Å². The number of carbonyl (C=O) groups is 8. The number of nitrogens with zero attached hydrogens (tertiary/aromatic N) is 1. The van der Waals surface area contributed by atoms with E-state index in [1.54, 1.807) is 82.3 Å². The van der Waals surface area contributed by atoms with Crippen LogP contribution in [-0.4, -0.2) is 100 Å². The van der Waals surface area contributed by atoms with Crippen LogP contribution in [0.25, 0.3) is 0 Å². The highest BCUT2D eigenvalue weighted by molar-refractivity contribution is 5.97. The van der Waals surface area contributed by atoms with E-state index in [4.69, 9.17) is 5.73 Å². The van der Waals surface area contributed by atoms with Crippen molar-refractivity contribution in [2.75, 3.05) is 6.54 Å². The Morgan fingerprint density at radius 2 is 1.18 bits per heavy atom. The number of primary amides is 1. The van der Waals surface area contributed by atoms with Crippen LogP contribution in [0, 0.1) is 11.8 Å². The first-order chi connectivity index (χ1) is 26.5. The van der Waals surface area contributed by atoms with Crippen LogP contribution >= 0.6 is 0 Å². The standard InChI is InChI=1S/C40H55N7O9/c1-23(2)19-28(35(50)45-31(40(55)56)22-33(41)49)42-36(51)29(20-26-13-8-6-9-14-26)44-39(54)34(24(3)4)46-37(52)30(21-27-15-10-7-11-16-27)43-38(53)32-17-12-18-47(32)25(5)48/h6-11,13-16,23-24,28-32,34H,12,17-22H2,1-5H3,(H2,41,49)(H,42,51)(H,43,53)(H,44,54)(H,45,50)(H,46,52)(H,55,56)/t28-,29-,30-,31-,32-,34-/m0/s1. The minimum absolute atomic E-state index is 0.00660. The number of hydrogen-bond donors (Lipinski definition) is 7. The van der Waals surface area contributed by atoms with Crippen molar-refractivity contribution in [2.24, 2.45) is 17.6 Å². The molecule has 0 unspecified atom stereocenters. The minimum Gasteiger partial charge on any atom is -0.480 e. The summed E-state index contributed by atoms with van der Waals surface area (Å²) in [4.78, 5) is 106. The van der Waals surface area contributed by atoms with Gasteiger partial charge >= 0.3 is 5.97 Å². The van der Waals surface area contributed by atoms with Gasteiger partial charge in [-0.25, -0.2) is 4.79 Å². The number of carboxylic acid groups (broad SMARTS) is 1. The van der Waals surface area contributed by atoms with E-state index >= 15 is 0 Å². The van der Waals surface area contributed by atoms with Gasteiger partial charge in [-0.05, 0) is 42.2 Å². The first kappa shape index (κ1) is 44.6. The Hall–Kier alpha value is -5.80. The summed E-state index contributed by atoms with van der Waals surface area (Å²) in [6.45, 7) is 8.82. The average molecular weight is 778 g/mol. The second kappa shape index (κ2) is 21.3. The van der Waals surface area contributed by atoms with Crippen LogP contribution in [0.15, 0.2) is 60.7 Å². The number of carboxylic acids is 1. The van der Waals surface area contributed by atoms with Gasteiger partial charge in [-0.1, -0.05) is 88.4 Å². The fourth-order valence-corrected chi connectivity index (χ4v) is 6.50. The predicted octanol–water partition coefficient (Wildman–Crippen LogP) is 0.569. The molecule has 3 rings (SSSR count). The van der Waals surface area contributed by atoms with Gasteiger partial charge in [-0.2, -0.15) is 0 Å². The average Bonchev–Trinajstić information content (AvgIpc) is 3.64. The van der Waals surface area contributed by atoms with Gasteiger partial charge in [0.1, 0.15) is 36.3 Å². The van der Waals surface area contributed by atoms with Crippen molar-refractivity contribution >= 4 is 47.3 Å². The molecule has 1 fully saturated rings. The highest BCUT2D eigenvalue weighted by Crippen LogP contribution is 2.18. The van der Waals surface area contributed by atoms with Crippen LogP contribution in [-0.2, 0) is 51.2 Å². The number of hydrogen-bond acceptors (Lipinski definition) is 8. The van der Waals surface area contributed by atoms with Crippen LogP contribution < -0.4 is 32.3 Å². The van der Waals surface area contributed by atoms with Gasteiger partial charge in [0, 0.05) is 26.3 Å². The molecule has 2 aromatic rings. The molecular formula is C40H55N7O9. The second-order valence-electron chi connectivity index (χ2n) is 14.9. The number of carbonyl (C=O) groups excluding carboxylic acids is 7. The minimum atomic E-state index is -1.62. The Balaban J connectivity index is 1.87. The van der Waals surface area contributed by atoms with Crippen LogP contribution in [0.4, 0.5) is 0 Å². The Bertz CT molecular complexity index is 1700. The smallest absolute Gasteiger partial charge is 0.326 e. The summed E-state index contributed by atoms with van der Waals surface area (Å²) in [5.41, 5.74) is 6.59. The summed E-state index contributed by atoms with van der Waals surface area (Å²) in [7, 11) is 0. The predicted molar refractivity (Wildman–Crippen MR) is 206 cm³/mol. The summed E-state index contributed by atoms with van der Waals surface area (Å²) in [5.74, 6) is -6.75. The molecule has 6 atom stereocenters. The highest BCUT2D eigenvalue weighted by Gasteiger charge is 2.37. The molecule has 7 amide bonds. The molecule has 16 nitrogen and oxygen atoms in total.